The number of nitrogens with zero attached hydrogens (tertiary/aromatic N) is 1. The van der Waals surface area contributed by atoms with E-state index in [1.54, 1.807) is 7.11 Å². The molecule has 0 atom stereocenters. The number of aromatic nitrogens is 1. The summed E-state index contributed by atoms with van der Waals surface area (Å²) in [6.45, 7) is 2.85. The van der Waals surface area contributed by atoms with Crippen LogP contribution < -0.4 is 10.1 Å². The lowest BCUT2D eigenvalue weighted by Crippen LogP contribution is -2.02. The number of benzene rings is 2. The minimum atomic E-state index is 0.754. The van der Waals surface area contributed by atoms with Gasteiger partial charge in [-0.25, -0.2) is 4.98 Å². The molecule has 3 heteroatoms. The molecule has 0 saturated heterocycles. The first kappa shape index (κ1) is 13.4. The molecule has 21 heavy (non-hydrogen) atoms. The zero-order valence-corrected chi connectivity index (χ0v) is 12.3. The lowest BCUT2D eigenvalue weighted by Gasteiger charge is -2.11. The third-order valence-electron chi connectivity index (χ3n) is 3.57. The molecule has 0 fully saturated rings. The molecule has 3 aromatic rings. The van der Waals surface area contributed by atoms with Gasteiger partial charge in [0.05, 0.1) is 7.11 Å². The summed E-state index contributed by atoms with van der Waals surface area (Å²) in [5, 5.41) is 5.55. The minimum absolute atomic E-state index is 0.754. The van der Waals surface area contributed by atoms with Gasteiger partial charge in [0, 0.05) is 23.5 Å². The molecule has 106 valence electrons. The maximum atomic E-state index is 5.40. The van der Waals surface area contributed by atoms with Crippen LogP contribution in [0, 0.1) is 6.92 Å². The van der Waals surface area contributed by atoms with Crippen LogP contribution in [-0.2, 0) is 6.54 Å². The van der Waals surface area contributed by atoms with Crippen LogP contribution in [0.1, 0.15) is 11.1 Å². The number of nitrogens with one attached hydrogen (secondary N) is 1. The number of hydrogen-bond donors (Lipinski definition) is 1. The molecule has 0 aliphatic rings. The Bertz CT molecular complexity index is 751. The molecule has 1 N–H and O–H groups in total. The maximum Gasteiger partial charge on any atom is 0.134 e. The van der Waals surface area contributed by atoms with Crippen molar-refractivity contribution in [3.05, 3.63) is 65.9 Å². The van der Waals surface area contributed by atoms with Crippen molar-refractivity contribution in [3.8, 4) is 5.75 Å². The summed E-state index contributed by atoms with van der Waals surface area (Å²) in [6.07, 6.45) is 1.81. The predicted octanol–water partition coefficient (Wildman–Crippen LogP) is 4.16. The fourth-order valence-electron chi connectivity index (χ4n) is 2.39. The summed E-state index contributed by atoms with van der Waals surface area (Å²) in [5.74, 6) is 1.75. The molecule has 1 aromatic heterocycles. The molecule has 0 bridgehead atoms. The molecule has 0 aliphatic heterocycles. The first-order chi connectivity index (χ1) is 10.3. The van der Waals surface area contributed by atoms with Crippen LogP contribution in [-0.4, -0.2) is 12.1 Å². The van der Waals surface area contributed by atoms with E-state index in [0.717, 1.165) is 28.9 Å². The second kappa shape index (κ2) is 5.83. The van der Waals surface area contributed by atoms with Crippen molar-refractivity contribution in [2.45, 2.75) is 13.5 Å². The highest BCUT2D eigenvalue weighted by Crippen LogP contribution is 2.29. The number of ether oxygens (including phenoxy) is 1. The van der Waals surface area contributed by atoms with Gasteiger partial charge < -0.3 is 10.1 Å². The average molecular weight is 278 g/mol. The van der Waals surface area contributed by atoms with Gasteiger partial charge in [0.1, 0.15) is 11.6 Å². The Morgan fingerprint density at radius 3 is 2.57 bits per heavy atom. The molecule has 0 saturated carbocycles. The van der Waals surface area contributed by atoms with Gasteiger partial charge in [0.2, 0.25) is 0 Å². The summed E-state index contributed by atoms with van der Waals surface area (Å²) in [7, 11) is 1.69. The summed E-state index contributed by atoms with van der Waals surface area (Å²) in [5.41, 5.74) is 2.51. The molecule has 0 radical (unpaired) electrons. The van der Waals surface area contributed by atoms with Crippen molar-refractivity contribution in [2.75, 3.05) is 12.4 Å². The molecular formula is C18H18N2O. The fraction of sp³-hybridized carbons (Fsp3) is 0.167. The third kappa shape index (κ3) is 2.82. The van der Waals surface area contributed by atoms with Crippen LogP contribution in [0.3, 0.4) is 0 Å². The van der Waals surface area contributed by atoms with Gasteiger partial charge in [-0.05, 0) is 24.6 Å². The van der Waals surface area contributed by atoms with Gasteiger partial charge in [0.15, 0.2) is 0 Å². The molecule has 3 nitrogen and oxygen atoms in total. The van der Waals surface area contributed by atoms with E-state index in [1.807, 2.05) is 24.4 Å². The van der Waals surface area contributed by atoms with Gasteiger partial charge in [-0.2, -0.15) is 0 Å². The summed E-state index contributed by atoms with van der Waals surface area (Å²) in [6, 6.07) is 16.5. The summed E-state index contributed by atoms with van der Waals surface area (Å²) in [4.78, 5) is 4.45. The van der Waals surface area contributed by atoms with E-state index in [4.69, 9.17) is 4.74 Å². The van der Waals surface area contributed by atoms with Gasteiger partial charge >= 0.3 is 0 Å². The van der Waals surface area contributed by atoms with Gasteiger partial charge in [-0.3, -0.25) is 0 Å². The Kier molecular flexibility index (Phi) is 3.73. The van der Waals surface area contributed by atoms with Crippen molar-refractivity contribution in [2.24, 2.45) is 0 Å². The molecule has 0 spiro atoms. The first-order valence-electron chi connectivity index (χ1n) is 6.99. The quantitative estimate of drug-likeness (QED) is 0.778. The van der Waals surface area contributed by atoms with Gasteiger partial charge in [-0.15, -0.1) is 0 Å². The molecule has 0 amide bonds. The Morgan fingerprint density at radius 2 is 1.81 bits per heavy atom. The molecule has 2 aromatic carbocycles. The molecule has 3 rings (SSSR count). The van der Waals surface area contributed by atoms with Crippen molar-refractivity contribution >= 4 is 16.6 Å². The number of aryl methyl sites for hydroxylation is 1. The summed E-state index contributed by atoms with van der Waals surface area (Å²) >= 11 is 0. The van der Waals surface area contributed by atoms with Gasteiger partial charge in [-0.1, -0.05) is 42.0 Å². The Balaban J connectivity index is 1.88. The molecule has 0 aliphatic carbocycles. The number of rotatable bonds is 4. The number of anilines is 1. The average Bonchev–Trinajstić information content (AvgIpc) is 2.53. The van der Waals surface area contributed by atoms with E-state index < -0.39 is 0 Å². The summed E-state index contributed by atoms with van der Waals surface area (Å²) < 4.78 is 5.40. The monoisotopic (exact) mass is 278 g/mol. The largest absolute Gasteiger partial charge is 0.496 e. The van der Waals surface area contributed by atoms with Crippen LogP contribution in [0.5, 0.6) is 5.75 Å². The normalized spacial score (nSPS) is 10.6. The number of methoxy groups -OCH3 is 1. The van der Waals surface area contributed by atoms with Crippen LogP contribution in [0.25, 0.3) is 10.8 Å². The van der Waals surface area contributed by atoms with E-state index in [-0.39, 0.29) is 0 Å². The smallest absolute Gasteiger partial charge is 0.134 e. The lowest BCUT2D eigenvalue weighted by atomic mass is 10.1. The maximum absolute atomic E-state index is 5.40. The third-order valence-corrected chi connectivity index (χ3v) is 3.57. The second-order valence-corrected chi connectivity index (χ2v) is 5.05. The van der Waals surface area contributed by atoms with E-state index in [0.29, 0.717) is 0 Å². The Hall–Kier alpha value is -2.55. The molecular weight excluding hydrogens is 260 g/mol. The molecule has 1 heterocycles. The Morgan fingerprint density at radius 1 is 1.00 bits per heavy atom. The number of fused-ring (bicyclic) bond motifs is 1. The molecule has 0 unspecified atom stereocenters. The van der Waals surface area contributed by atoms with Crippen molar-refractivity contribution < 1.29 is 4.74 Å². The van der Waals surface area contributed by atoms with Crippen molar-refractivity contribution in [3.63, 3.8) is 0 Å². The zero-order valence-electron chi connectivity index (χ0n) is 12.3. The SMILES string of the molecule is COc1cccc2c(NCc3ccc(C)cc3)nccc12. The predicted molar refractivity (Wildman–Crippen MR) is 86.8 cm³/mol. The van der Waals surface area contributed by atoms with Crippen LogP contribution in [0.4, 0.5) is 5.82 Å². The number of pyridine rings is 1. The van der Waals surface area contributed by atoms with E-state index in [9.17, 15) is 0 Å². The van der Waals surface area contributed by atoms with E-state index in [1.165, 1.54) is 11.1 Å². The van der Waals surface area contributed by atoms with Gasteiger partial charge in [0.25, 0.3) is 0 Å². The van der Waals surface area contributed by atoms with E-state index in [2.05, 4.69) is 47.6 Å². The topological polar surface area (TPSA) is 34.1 Å². The van der Waals surface area contributed by atoms with Crippen molar-refractivity contribution in [1.82, 2.24) is 4.98 Å². The fourth-order valence-corrected chi connectivity index (χ4v) is 2.39. The standard InChI is InChI=1S/C18H18N2O/c1-13-6-8-14(9-7-13)12-20-18-16-4-3-5-17(21-2)15(16)10-11-19-18/h3-11H,12H2,1-2H3,(H,19,20). The lowest BCUT2D eigenvalue weighted by molar-refractivity contribution is 0.420. The van der Waals surface area contributed by atoms with Crippen LogP contribution in [0.15, 0.2) is 54.7 Å². The number of hydrogen-bond acceptors (Lipinski definition) is 3. The second-order valence-electron chi connectivity index (χ2n) is 5.05. The Labute approximate surface area is 124 Å². The van der Waals surface area contributed by atoms with Crippen molar-refractivity contribution in [1.29, 1.82) is 0 Å². The highest BCUT2D eigenvalue weighted by atomic mass is 16.5. The zero-order chi connectivity index (χ0) is 14.7. The highest BCUT2D eigenvalue weighted by molar-refractivity contribution is 5.95. The van der Waals surface area contributed by atoms with E-state index >= 15 is 0 Å². The highest BCUT2D eigenvalue weighted by Gasteiger charge is 2.06. The first-order valence-corrected chi connectivity index (χ1v) is 6.99. The van der Waals surface area contributed by atoms with Crippen LogP contribution in [0.2, 0.25) is 0 Å². The van der Waals surface area contributed by atoms with Crippen LogP contribution >= 0.6 is 0 Å². The minimum Gasteiger partial charge on any atom is -0.496 e.